The van der Waals surface area contributed by atoms with Crippen LogP contribution in [0.3, 0.4) is 0 Å². The standard InChI is InChI=1S/C13H24N2/c1-5-7-12(14-4)8-11-9-15-13(6-2)10(11)3/h9,12,14-15H,5-8H2,1-4H3. The summed E-state index contributed by atoms with van der Waals surface area (Å²) in [6.45, 7) is 6.67. The van der Waals surface area contributed by atoms with Crippen molar-refractivity contribution in [2.75, 3.05) is 7.05 Å². The lowest BCUT2D eigenvalue weighted by molar-refractivity contribution is 0.513. The van der Waals surface area contributed by atoms with E-state index in [1.807, 2.05) is 0 Å². The van der Waals surface area contributed by atoms with E-state index in [0.29, 0.717) is 6.04 Å². The summed E-state index contributed by atoms with van der Waals surface area (Å²) >= 11 is 0. The number of aromatic nitrogens is 1. The van der Waals surface area contributed by atoms with Crippen molar-refractivity contribution in [3.8, 4) is 0 Å². The summed E-state index contributed by atoms with van der Waals surface area (Å²) in [5, 5.41) is 3.39. The van der Waals surface area contributed by atoms with Crippen LogP contribution in [0.25, 0.3) is 0 Å². The van der Waals surface area contributed by atoms with Gasteiger partial charge in [-0.25, -0.2) is 0 Å². The second-order valence-corrected chi connectivity index (χ2v) is 4.25. The van der Waals surface area contributed by atoms with Gasteiger partial charge in [0.05, 0.1) is 0 Å². The fraction of sp³-hybridized carbons (Fsp3) is 0.692. The Kier molecular flexibility index (Phi) is 4.89. The van der Waals surface area contributed by atoms with Crippen LogP contribution in [0.1, 0.15) is 43.5 Å². The van der Waals surface area contributed by atoms with Gasteiger partial charge in [-0.15, -0.1) is 0 Å². The first kappa shape index (κ1) is 12.3. The van der Waals surface area contributed by atoms with Crippen molar-refractivity contribution in [2.24, 2.45) is 0 Å². The van der Waals surface area contributed by atoms with Gasteiger partial charge in [0.2, 0.25) is 0 Å². The first-order valence-electron chi connectivity index (χ1n) is 6.05. The van der Waals surface area contributed by atoms with Gasteiger partial charge in [-0.3, -0.25) is 0 Å². The van der Waals surface area contributed by atoms with Crippen LogP contribution >= 0.6 is 0 Å². The molecule has 0 spiro atoms. The molecule has 0 aliphatic carbocycles. The summed E-state index contributed by atoms with van der Waals surface area (Å²) < 4.78 is 0. The lowest BCUT2D eigenvalue weighted by Gasteiger charge is -2.14. The zero-order valence-electron chi connectivity index (χ0n) is 10.5. The van der Waals surface area contributed by atoms with E-state index in [1.165, 1.54) is 29.7 Å². The molecule has 0 fully saturated rings. The number of H-pyrrole nitrogens is 1. The van der Waals surface area contributed by atoms with E-state index in [4.69, 9.17) is 0 Å². The van der Waals surface area contributed by atoms with Crippen LogP contribution < -0.4 is 5.32 Å². The van der Waals surface area contributed by atoms with Crippen LogP contribution in [0.2, 0.25) is 0 Å². The second kappa shape index (κ2) is 5.96. The van der Waals surface area contributed by atoms with Crippen molar-refractivity contribution in [1.29, 1.82) is 0 Å². The fourth-order valence-corrected chi connectivity index (χ4v) is 2.13. The molecule has 0 saturated heterocycles. The number of hydrogen-bond acceptors (Lipinski definition) is 1. The Balaban J connectivity index is 2.66. The minimum atomic E-state index is 0.620. The van der Waals surface area contributed by atoms with Crippen LogP contribution in [-0.2, 0) is 12.8 Å². The number of likely N-dealkylation sites (N-methyl/N-ethyl adjacent to an activating group) is 1. The fourth-order valence-electron chi connectivity index (χ4n) is 2.13. The molecule has 0 amide bonds. The zero-order chi connectivity index (χ0) is 11.3. The molecule has 0 saturated carbocycles. The largest absolute Gasteiger partial charge is 0.364 e. The van der Waals surface area contributed by atoms with E-state index in [0.717, 1.165) is 12.8 Å². The third-order valence-electron chi connectivity index (χ3n) is 3.22. The van der Waals surface area contributed by atoms with Gasteiger partial charge in [0.15, 0.2) is 0 Å². The van der Waals surface area contributed by atoms with E-state index < -0.39 is 0 Å². The van der Waals surface area contributed by atoms with Gasteiger partial charge in [0, 0.05) is 17.9 Å². The quantitative estimate of drug-likeness (QED) is 0.739. The summed E-state index contributed by atoms with van der Waals surface area (Å²) in [4.78, 5) is 3.37. The van der Waals surface area contributed by atoms with Crippen molar-refractivity contribution in [2.45, 2.75) is 52.5 Å². The Morgan fingerprint density at radius 3 is 2.60 bits per heavy atom. The Morgan fingerprint density at radius 2 is 2.13 bits per heavy atom. The van der Waals surface area contributed by atoms with Crippen LogP contribution in [-0.4, -0.2) is 18.1 Å². The van der Waals surface area contributed by atoms with Gasteiger partial charge in [0.1, 0.15) is 0 Å². The molecule has 0 bridgehead atoms. The molecule has 1 aromatic heterocycles. The van der Waals surface area contributed by atoms with E-state index in [1.54, 1.807) is 0 Å². The predicted octanol–water partition coefficient (Wildman–Crippen LogP) is 2.82. The monoisotopic (exact) mass is 208 g/mol. The molecule has 1 rings (SSSR count). The highest BCUT2D eigenvalue weighted by atomic mass is 14.9. The lowest BCUT2D eigenvalue weighted by atomic mass is 10.0. The molecular formula is C13H24N2. The van der Waals surface area contributed by atoms with Crippen molar-refractivity contribution >= 4 is 0 Å². The van der Waals surface area contributed by atoms with Crippen LogP contribution in [0, 0.1) is 6.92 Å². The van der Waals surface area contributed by atoms with Gasteiger partial charge < -0.3 is 10.3 Å². The van der Waals surface area contributed by atoms with E-state index in [2.05, 4.69) is 44.3 Å². The van der Waals surface area contributed by atoms with E-state index in [-0.39, 0.29) is 0 Å². The number of rotatable bonds is 6. The first-order chi connectivity index (χ1) is 7.22. The molecule has 0 aliphatic rings. The number of hydrogen-bond donors (Lipinski definition) is 2. The molecule has 2 N–H and O–H groups in total. The molecule has 2 nitrogen and oxygen atoms in total. The summed E-state index contributed by atoms with van der Waals surface area (Å²) in [5.74, 6) is 0. The van der Waals surface area contributed by atoms with Gasteiger partial charge in [-0.2, -0.15) is 0 Å². The van der Waals surface area contributed by atoms with Crippen LogP contribution in [0.5, 0.6) is 0 Å². The molecule has 0 radical (unpaired) electrons. The molecule has 0 aromatic carbocycles. The number of aromatic amines is 1. The number of nitrogens with one attached hydrogen (secondary N) is 2. The summed E-state index contributed by atoms with van der Waals surface area (Å²) in [5.41, 5.74) is 4.31. The lowest BCUT2D eigenvalue weighted by Crippen LogP contribution is -2.27. The summed E-state index contributed by atoms with van der Waals surface area (Å²) in [6.07, 6.45) is 6.92. The molecule has 0 aliphatic heterocycles. The van der Waals surface area contributed by atoms with Crippen molar-refractivity contribution in [3.05, 3.63) is 23.0 Å². The van der Waals surface area contributed by atoms with E-state index in [9.17, 15) is 0 Å². The maximum absolute atomic E-state index is 3.39. The highest BCUT2D eigenvalue weighted by molar-refractivity contribution is 5.30. The maximum Gasteiger partial charge on any atom is 0.0176 e. The van der Waals surface area contributed by atoms with Crippen molar-refractivity contribution in [1.82, 2.24) is 10.3 Å². The summed E-state index contributed by atoms with van der Waals surface area (Å²) in [6, 6.07) is 0.620. The van der Waals surface area contributed by atoms with Crippen molar-refractivity contribution in [3.63, 3.8) is 0 Å². The molecule has 15 heavy (non-hydrogen) atoms. The third-order valence-corrected chi connectivity index (χ3v) is 3.22. The molecule has 1 aromatic rings. The van der Waals surface area contributed by atoms with Gasteiger partial charge in [0.25, 0.3) is 0 Å². The van der Waals surface area contributed by atoms with Crippen LogP contribution in [0.15, 0.2) is 6.20 Å². The minimum absolute atomic E-state index is 0.620. The minimum Gasteiger partial charge on any atom is -0.364 e. The molecule has 86 valence electrons. The Morgan fingerprint density at radius 1 is 1.40 bits per heavy atom. The van der Waals surface area contributed by atoms with Crippen molar-refractivity contribution < 1.29 is 0 Å². The summed E-state index contributed by atoms with van der Waals surface area (Å²) in [7, 11) is 2.06. The van der Waals surface area contributed by atoms with Crippen LogP contribution in [0.4, 0.5) is 0 Å². The number of aryl methyl sites for hydroxylation is 1. The van der Waals surface area contributed by atoms with Gasteiger partial charge in [-0.1, -0.05) is 20.3 Å². The zero-order valence-corrected chi connectivity index (χ0v) is 10.5. The highest BCUT2D eigenvalue weighted by Gasteiger charge is 2.10. The highest BCUT2D eigenvalue weighted by Crippen LogP contribution is 2.16. The smallest absolute Gasteiger partial charge is 0.0176 e. The van der Waals surface area contributed by atoms with E-state index >= 15 is 0 Å². The second-order valence-electron chi connectivity index (χ2n) is 4.25. The normalized spacial score (nSPS) is 13.1. The average Bonchev–Trinajstić information content (AvgIpc) is 2.59. The molecule has 2 heteroatoms. The van der Waals surface area contributed by atoms with Gasteiger partial charge in [-0.05, 0) is 44.4 Å². The topological polar surface area (TPSA) is 27.8 Å². The Bertz CT molecular complexity index is 289. The average molecular weight is 208 g/mol. The third kappa shape index (κ3) is 3.10. The molecular weight excluding hydrogens is 184 g/mol. The first-order valence-corrected chi connectivity index (χ1v) is 6.05. The SMILES string of the molecule is CCCC(Cc1c[nH]c(CC)c1C)NC. The predicted molar refractivity (Wildman–Crippen MR) is 66.4 cm³/mol. The molecule has 1 unspecified atom stereocenters. The maximum atomic E-state index is 3.39. The Labute approximate surface area is 93.5 Å². The van der Waals surface area contributed by atoms with Gasteiger partial charge >= 0.3 is 0 Å². The molecule has 1 atom stereocenters. The molecule has 1 heterocycles. The Hall–Kier alpha value is -0.760.